The Bertz CT molecular complexity index is 1180. The highest BCUT2D eigenvalue weighted by molar-refractivity contribution is 6.01. The van der Waals surface area contributed by atoms with Gasteiger partial charge in [0.15, 0.2) is 0 Å². The van der Waals surface area contributed by atoms with E-state index in [0.717, 1.165) is 12.1 Å². The van der Waals surface area contributed by atoms with E-state index in [-0.39, 0.29) is 23.8 Å². The quantitative estimate of drug-likeness (QED) is 0.595. The molecule has 172 valence electrons. The number of carbonyl (C=O) groups excluding carboxylic acids is 2. The number of hydrogen-bond acceptors (Lipinski definition) is 5. The van der Waals surface area contributed by atoms with E-state index >= 15 is 0 Å². The summed E-state index contributed by atoms with van der Waals surface area (Å²) in [4.78, 5) is 34.3. The SMILES string of the molecule is CC(NC(=O)c1cc(C(=O)N[C@H](C)c2ccc(F)cc2F)n2c1COCC2)c1cnccn1. The van der Waals surface area contributed by atoms with E-state index in [4.69, 9.17) is 4.74 Å². The molecule has 2 atom stereocenters. The van der Waals surface area contributed by atoms with Gasteiger partial charge in [-0.25, -0.2) is 8.78 Å². The monoisotopic (exact) mass is 455 g/mol. The first-order chi connectivity index (χ1) is 15.8. The van der Waals surface area contributed by atoms with Crippen molar-refractivity contribution in [2.24, 2.45) is 0 Å². The summed E-state index contributed by atoms with van der Waals surface area (Å²) in [5.41, 5.74) is 1.92. The summed E-state index contributed by atoms with van der Waals surface area (Å²) < 4.78 is 34.6. The minimum Gasteiger partial charge on any atom is -0.373 e. The lowest BCUT2D eigenvalue weighted by Crippen LogP contribution is -2.31. The number of halogens is 2. The standard InChI is InChI=1S/C23H23F2N5O3/c1-13(16-4-3-15(24)9-18(16)25)28-23(32)20-10-17(21-12-33-8-7-30(20)21)22(31)29-14(2)19-11-26-5-6-27-19/h3-6,9-11,13-14H,7-8,12H2,1-2H3,(H,28,32)(H,29,31)/t13-,14?/m1/s1. The zero-order valence-corrected chi connectivity index (χ0v) is 18.1. The molecule has 2 aromatic heterocycles. The minimum absolute atomic E-state index is 0.161. The summed E-state index contributed by atoms with van der Waals surface area (Å²) in [6.07, 6.45) is 4.65. The van der Waals surface area contributed by atoms with Crippen LogP contribution in [0.25, 0.3) is 0 Å². The lowest BCUT2D eigenvalue weighted by molar-refractivity contribution is 0.0774. The fraction of sp³-hybridized carbons (Fsp3) is 0.304. The van der Waals surface area contributed by atoms with Crippen LogP contribution in [0.15, 0.2) is 42.9 Å². The Labute approximate surface area is 189 Å². The van der Waals surface area contributed by atoms with Crippen LogP contribution in [0.5, 0.6) is 0 Å². The van der Waals surface area contributed by atoms with Crippen LogP contribution in [-0.4, -0.2) is 33.0 Å². The van der Waals surface area contributed by atoms with E-state index < -0.39 is 29.6 Å². The van der Waals surface area contributed by atoms with Crippen LogP contribution in [0.1, 0.15) is 63.7 Å². The molecule has 0 fully saturated rings. The van der Waals surface area contributed by atoms with Crippen molar-refractivity contribution in [1.29, 1.82) is 0 Å². The van der Waals surface area contributed by atoms with Crippen molar-refractivity contribution in [3.05, 3.63) is 82.7 Å². The zero-order valence-electron chi connectivity index (χ0n) is 18.1. The number of nitrogens with zero attached hydrogens (tertiary/aromatic N) is 3. The zero-order chi connectivity index (χ0) is 23.5. The van der Waals surface area contributed by atoms with E-state index in [1.165, 1.54) is 12.1 Å². The van der Waals surface area contributed by atoms with Gasteiger partial charge in [-0.2, -0.15) is 0 Å². The summed E-state index contributed by atoms with van der Waals surface area (Å²) in [6.45, 7) is 4.35. The minimum atomic E-state index is -0.744. The van der Waals surface area contributed by atoms with Crippen LogP contribution in [0.2, 0.25) is 0 Å². The Morgan fingerprint density at radius 1 is 1.09 bits per heavy atom. The molecule has 8 nitrogen and oxygen atoms in total. The van der Waals surface area contributed by atoms with Crippen LogP contribution < -0.4 is 10.6 Å². The molecule has 3 heterocycles. The lowest BCUT2D eigenvalue weighted by atomic mass is 10.1. The van der Waals surface area contributed by atoms with Gasteiger partial charge in [0.1, 0.15) is 17.3 Å². The fourth-order valence-electron chi connectivity index (χ4n) is 3.79. The number of nitrogens with one attached hydrogen (secondary N) is 2. The van der Waals surface area contributed by atoms with Gasteiger partial charge < -0.3 is 19.9 Å². The van der Waals surface area contributed by atoms with E-state index in [2.05, 4.69) is 20.6 Å². The van der Waals surface area contributed by atoms with E-state index in [1.807, 2.05) is 0 Å². The van der Waals surface area contributed by atoms with Gasteiger partial charge in [0.2, 0.25) is 0 Å². The smallest absolute Gasteiger partial charge is 0.268 e. The summed E-state index contributed by atoms with van der Waals surface area (Å²) in [5, 5.41) is 5.60. The molecule has 4 rings (SSSR count). The van der Waals surface area contributed by atoms with Gasteiger partial charge in [-0.15, -0.1) is 0 Å². The van der Waals surface area contributed by atoms with Crippen molar-refractivity contribution >= 4 is 11.8 Å². The molecular weight excluding hydrogens is 432 g/mol. The number of hydrogen-bond donors (Lipinski definition) is 2. The average molecular weight is 455 g/mol. The van der Waals surface area contributed by atoms with Gasteiger partial charge in [0.25, 0.3) is 11.8 Å². The molecule has 1 aromatic carbocycles. The molecule has 0 saturated heterocycles. The molecular formula is C23H23F2N5O3. The summed E-state index contributed by atoms with van der Waals surface area (Å²) in [5.74, 6) is -2.29. The fourth-order valence-corrected chi connectivity index (χ4v) is 3.79. The number of amides is 2. The summed E-state index contributed by atoms with van der Waals surface area (Å²) in [7, 11) is 0. The number of fused-ring (bicyclic) bond motifs is 1. The molecule has 0 radical (unpaired) electrons. The van der Waals surface area contributed by atoms with Gasteiger partial charge in [-0.1, -0.05) is 6.07 Å². The maximum Gasteiger partial charge on any atom is 0.268 e. The molecule has 0 saturated carbocycles. The van der Waals surface area contributed by atoms with Gasteiger partial charge in [0.05, 0.1) is 48.4 Å². The molecule has 1 unspecified atom stereocenters. The Kier molecular flexibility index (Phi) is 6.45. The second-order valence-corrected chi connectivity index (χ2v) is 7.78. The molecule has 10 heteroatoms. The van der Waals surface area contributed by atoms with Crippen LogP contribution in [0.4, 0.5) is 8.78 Å². The first-order valence-corrected chi connectivity index (χ1v) is 10.5. The highest BCUT2D eigenvalue weighted by Gasteiger charge is 2.28. The molecule has 1 aliphatic rings. The Morgan fingerprint density at radius 3 is 2.61 bits per heavy atom. The third kappa shape index (κ3) is 4.75. The van der Waals surface area contributed by atoms with Crippen molar-refractivity contribution in [3.8, 4) is 0 Å². The predicted octanol–water partition coefficient (Wildman–Crippen LogP) is 3.07. The number of benzene rings is 1. The van der Waals surface area contributed by atoms with Crippen molar-refractivity contribution < 1.29 is 23.1 Å². The van der Waals surface area contributed by atoms with E-state index in [1.54, 1.807) is 37.0 Å². The van der Waals surface area contributed by atoms with Gasteiger partial charge >= 0.3 is 0 Å². The van der Waals surface area contributed by atoms with E-state index in [0.29, 0.717) is 30.1 Å². The molecule has 1 aliphatic heterocycles. The third-order valence-electron chi connectivity index (χ3n) is 5.53. The normalized spacial score (nSPS) is 14.8. The first kappa shape index (κ1) is 22.5. The Hall–Kier alpha value is -3.66. The lowest BCUT2D eigenvalue weighted by Gasteiger charge is -2.21. The van der Waals surface area contributed by atoms with Crippen LogP contribution in [0, 0.1) is 11.6 Å². The topological polar surface area (TPSA) is 98.1 Å². The van der Waals surface area contributed by atoms with Crippen molar-refractivity contribution in [2.45, 2.75) is 39.1 Å². The van der Waals surface area contributed by atoms with Crippen LogP contribution in [0.3, 0.4) is 0 Å². The maximum absolute atomic E-state index is 14.1. The molecule has 0 bridgehead atoms. The number of ether oxygens (including phenoxy) is 1. The summed E-state index contributed by atoms with van der Waals surface area (Å²) in [6, 6.07) is 3.60. The average Bonchev–Trinajstić information content (AvgIpc) is 3.19. The van der Waals surface area contributed by atoms with Crippen molar-refractivity contribution in [3.63, 3.8) is 0 Å². The molecule has 0 aliphatic carbocycles. The van der Waals surface area contributed by atoms with Crippen molar-refractivity contribution in [1.82, 2.24) is 25.2 Å². The first-order valence-electron chi connectivity index (χ1n) is 10.5. The highest BCUT2D eigenvalue weighted by Crippen LogP contribution is 2.24. The summed E-state index contributed by atoms with van der Waals surface area (Å²) >= 11 is 0. The second kappa shape index (κ2) is 9.45. The largest absolute Gasteiger partial charge is 0.373 e. The van der Waals surface area contributed by atoms with Crippen LogP contribution in [-0.2, 0) is 17.9 Å². The van der Waals surface area contributed by atoms with Crippen LogP contribution >= 0.6 is 0 Å². The third-order valence-corrected chi connectivity index (χ3v) is 5.53. The molecule has 2 N–H and O–H groups in total. The molecule has 33 heavy (non-hydrogen) atoms. The maximum atomic E-state index is 14.1. The van der Waals surface area contributed by atoms with Gasteiger partial charge in [-0.3, -0.25) is 19.6 Å². The van der Waals surface area contributed by atoms with Crippen molar-refractivity contribution in [2.75, 3.05) is 6.61 Å². The molecule has 3 aromatic rings. The molecule has 0 spiro atoms. The highest BCUT2D eigenvalue weighted by atomic mass is 19.1. The second-order valence-electron chi connectivity index (χ2n) is 7.78. The molecule has 2 amide bonds. The number of carbonyl (C=O) groups is 2. The van der Waals surface area contributed by atoms with E-state index in [9.17, 15) is 18.4 Å². The van der Waals surface area contributed by atoms with Gasteiger partial charge in [0, 0.05) is 30.6 Å². The number of rotatable bonds is 6. The number of aromatic nitrogens is 3. The van der Waals surface area contributed by atoms with Gasteiger partial charge in [-0.05, 0) is 26.0 Å². The Balaban J connectivity index is 1.56. The predicted molar refractivity (Wildman–Crippen MR) is 114 cm³/mol. The Morgan fingerprint density at radius 2 is 1.88 bits per heavy atom.